The highest BCUT2D eigenvalue weighted by Crippen LogP contribution is 2.49. The second-order valence-electron chi connectivity index (χ2n) is 7.50. The van der Waals surface area contributed by atoms with Crippen molar-refractivity contribution in [2.45, 2.75) is 44.9 Å². The molecule has 1 saturated heterocycles. The summed E-state index contributed by atoms with van der Waals surface area (Å²) < 4.78 is 0. The SMILES string of the molecule is O=C(C[C@@H]1C[C@H]2CC[C@H]1C2)Nc1ccc(N2CCCC2=O)c(Cl)c1. The number of benzene rings is 1. The van der Waals surface area contributed by atoms with E-state index in [9.17, 15) is 9.59 Å². The summed E-state index contributed by atoms with van der Waals surface area (Å²) in [5, 5.41) is 3.49. The lowest BCUT2D eigenvalue weighted by Gasteiger charge is -2.21. The van der Waals surface area contributed by atoms with E-state index < -0.39 is 0 Å². The van der Waals surface area contributed by atoms with Crippen LogP contribution in [0.3, 0.4) is 0 Å². The number of halogens is 1. The molecule has 2 aliphatic carbocycles. The van der Waals surface area contributed by atoms with Gasteiger partial charge in [0, 0.05) is 25.1 Å². The zero-order chi connectivity index (χ0) is 16.7. The van der Waals surface area contributed by atoms with Crippen LogP contribution in [-0.4, -0.2) is 18.4 Å². The number of amides is 2. The van der Waals surface area contributed by atoms with Gasteiger partial charge < -0.3 is 10.2 Å². The smallest absolute Gasteiger partial charge is 0.227 e. The minimum Gasteiger partial charge on any atom is -0.326 e. The number of fused-ring (bicyclic) bond motifs is 2. The van der Waals surface area contributed by atoms with Crippen molar-refractivity contribution >= 4 is 34.8 Å². The van der Waals surface area contributed by atoms with Gasteiger partial charge in [-0.2, -0.15) is 0 Å². The van der Waals surface area contributed by atoms with Crippen LogP contribution >= 0.6 is 11.6 Å². The average Bonchev–Trinajstić information content (AvgIpc) is 3.24. The van der Waals surface area contributed by atoms with E-state index in [2.05, 4.69) is 5.32 Å². The molecule has 1 N–H and O–H groups in total. The summed E-state index contributed by atoms with van der Waals surface area (Å²) in [5.74, 6) is 2.37. The fourth-order valence-corrected chi connectivity index (χ4v) is 5.07. The van der Waals surface area contributed by atoms with E-state index in [1.807, 2.05) is 12.1 Å². The Bertz CT molecular complexity index is 675. The molecule has 0 unspecified atom stereocenters. The number of hydrogen-bond acceptors (Lipinski definition) is 2. The van der Waals surface area contributed by atoms with Crippen molar-refractivity contribution in [3.63, 3.8) is 0 Å². The Balaban J connectivity index is 1.38. The van der Waals surface area contributed by atoms with Gasteiger partial charge in [0.05, 0.1) is 10.7 Å². The predicted molar refractivity (Wildman–Crippen MR) is 95.2 cm³/mol. The first kappa shape index (κ1) is 15.9. The maximum Gasteiger partial charge on any atom is 0.227 e. The normalized spacial score (nSPS) is 28.6. The van der Waals surface area contributed by atoms with Gasteiger partial charge in [-0.15, -0.1) is 0 Å². The molecule has 1 aromatic carbocycles. The summed E-state index contributed by atoms with van der Waals surface area (Å²) in [6.45, 7) is 0.717. The van der Waals surface area contributed by atoms with E-state index >= 15 is 0 Å². The van der Waals surface area contributed by atoms with E-state index in [1.54, 1.807) is 11.0 Å². The Hall–Kier alpha value is -1.55. The van der Waals surface area contributed by atoms with Crippen molar-refractivity contribution in [3.8, 4) is 0 Å². The second kappa shape index (κ2) is 6.40. The topological polar surface area (TPSA) is 49.4 Å². The van der Waals surface area contributed by atoms with Crippen LogP contribution in [0, 0.1) is 17.8 Å². The molecule has 24 heavy (non-hydrogen) atoms. The van der Waals surface area contributed by atoms with Crippen molar-refractivity contribution < 1.29 is 9.59 Å². The highest BCUT2D eigenvalue weighted by Gasteiger charge is 2.40. The van der Waals surface area contributed by atoms with Gasteiger partial charge in [0.25, 0.3) is 0 Å². The van der Waals surface area contributed by atoms with Gasteiger partial charge in [-0.1, -0.05) is 18.0 Å². The number of hydrogen-bond donors (Lipinski definition) is 1. The lowest BCUT2D eigenvalue weighted by Crippen LogP contribution is -2.24. The number of nitrogens with one attached hydrogen (secondary N) is 1. The minimum atomic E-state index is 0.0774. The monoisotopic (exact) mass is 346 g/mol. The number of nitrogens with zero attached hydrogens (tertiary/aromatic N) is 1. The zero-order valence-electron chi connectivity index (χ0n) is 13.8. The van der Waals surface area contributed by atoms with Gasteiger partial charge in [0.1, 0.15) is 0 Å². The van der Waals surface area contributed by atoms with Crippen LogP contribution in [-0.2, 0) is 9.59 Å². The van der Waals surface area contributed by atoms with Gasteiger partial charge in [0.2, 0.25) is 11.8 Å². The van der Waals surface area contributed by atoms with Gasteiger partial charge in [-0.05, 0) is 61.6 Å². The van der Waals surface area contributed by atoms with Crippen molar-refractivity contribution in [2.24, 2.45) is 17.8 Å². The average molecular weight is 347 g/mol. The molecule has 4 nitrogen and oxygen atoms in total. The molecular formula is C19H23ClN2O2. The van der Waals surface area contributed by atoms with E-state index in [-0.39, 0.29) is 11.8 Å². The molecule has 0 aromatic heterocycles. The summed E-state index contributed by atoms with van der Waals surface area (Å²) >= 11 is 6.33. The van der Waals surface area contributed by atoms with Crippen LogP contribution in [0.2, 0.25) is 5.02 Å². The first-order chi connectivity index (χ1) is 11.6. The van der Waals surface area contributed by atoms with Crippen molar-refractivity contribution in [2.75, 3.05) is 16.8 Å². The summed E-state index contributed by atoms with van der Waals surface area (Å²) in [4.78, 5) is 25.9. The fourth-order valence-electron chi connectivity index (χ4n) is 4.78. The third kappa shape index (κ3) is 3.04. The first-order valence-corrected chi connectivity index (χ1v) is 9.37. The number of carbonyl (C=O) groups is 2. The molecule has 2 amide bonds. The molecule has 1 heterocycles. The number of rotatable bonds is 4. The van der Waals surface area contributed by atoms with E-state index in [4.69, 9.17) is 11.6 Å². The molecule has 0 spiro atoms. The number of anilines is 2. The molecule has 3 atom stereocenters. The summed E-state index contributed by atoms with van der Waals surface area (Å²) in [6.07, 6.45) is 7.26. The Labute approximate surface area is 147 Å². The van der Waals surface area contributed by atoms with Crippen LogP contribution in [0.4, 0.5) is 11.4 Å². The van der Waals surface area contributed by atoms with Crippen molar-refractivity contribution in [3.05, 3.63) is 23.2 Å². The third-order valence-corrected chi connectivity index (χ3v) is 6.23. The van der Waals surface area contributed by atoms with Gasteiger partial charge in [-0.3, -0.25) is 9.59 Å². The number of carbonyl (C=O) groups excluding carboxylic acids is 2. The fraction of sp³-hybridized carbons (Fsp3) is 0.579. The van der Waals surface area contributed by atoms with Crippen molar-refractivity contribution in [1.82, 2.24) is 0 Å². The molecule has 2 saturated carbocycles. The standard InChI is InChI=1S/C19H23ClN2O2/c20-16-11-15(5-6-17(16)22-7-1-2-19(22)24)21-18(23)10-14-9-12-3-4-13(14)8-12/h5-6,11-14H,1-4,7-10H2,(H,21,23)/t12-,13-,14-/m0/s1. The molecule has 1 aliphatic heterocycles. The van der Waals surface area contributed by atoms with Crippen LogP contribution in [0.25, 0.3) is 0 Å². The maximum absolute atomic E-state index is 12.3. The van der Waals surface area contributed by atoms with Crippen LogP contribution < -0.4 is 10.2 Å². The lowest BCUT2D eigenvalue weighted by atomic mass is 9.86. The molecule has 4 rings (SSSR count). The predicted octanol–water partition coefficient (Wildman–Crippen LogP) is 4.23. The summed E-state index contributed by atoms with van der Waals surface area (Å²) in [6, 6.07) is 5.42. The van der Waals surface area contributed by atoms with Gasteiger partial charge in [-0.25, -0.2) is 0 Å². The van der Waals surface area contributed by atoms with Crippen LogP contribution in [0.1, 0.15) is 44.9 Å². The minimum absolute atomic E-state index is 0.0774. The Morgan fingerprint density at radius 1 is 1.29 bits per heavy atom. The second-order valence-corrected chi connectivity index (χ2v) is 7.91. The molecular weight excluding hydrogens is 324 g/mol. The third-order valence-electron chi connectivity index (χ3n) is 5.93. The summed E-state index contributed by atoms with van der Waals surface area (Å²) in [5.41, 5.74) is 1.45. The molecule has 3 fully saturated rings. The summed E-state index contributed by atoms with van der Waals surface area (Å²) in [7, 11) is 0. The van der Waals surface area contributed by atoms with Crippen molar-refractivity contribution in [1.29, 1.82) is 0 Å². The largest absolute Gasteiger partial charge is 0.326 e. The maximum atomic E-state index is 12.3. The zero-order valence-corrected chi connectivity index (χ0v) is 14.5. The quantitative estimate of drug-likeness (QED) is 0.886. The molecule has 5 heteroatoms. The van der Waals surface area contributed by atoms with E-state index in [0.717, 1.165) is 23.9 Å². The highest BCUT2D eigenvalue weighted by molar-refractivity contribution is 6.34. The van der Waals surface area contributed by atoms with E-state index in [1.165, 1.54) is 25.7 Å². The van der Waals surface area contributed by atoms with Crippen LogP contribution in [0.15, 0.2) is 18.2 Å². The van der Waals surface area contributed by atoms with Crippen LogP contribution in [0.5, 0.6) is 0 Å². The van der Waals surface area contributed by atoms with Gasteiger partial charge >= 0.3 is 0 Å². The molecule has 128 valence electrons. The molecule has 2 bridgehead atoms. The molecule has 3 aliphatic rings. The molecule has 0 radical (unpaired) electrons. The van der Waals surface area contributed by atoms with Gasteiger partial charge in [0.15, 0.2) is 0 Å². The Morgan fingerprint density at radius 3 is 2.79 bits per heavy atom. The van der Waals surface area contributed by atoms with E-state index in [0.29, 0.717) is 36.0 Å². The molecule has 1 aromatic rings. The highest BCUT2D eigenvalue weighted by atomic mass is 35.5. The lowest BCUT2D eigenvalue weighted by molar-refractivity contribution is -0.118. The first-order valence-electron chi connectivity index (χ1n) is 9.00. The Kier molecular flexibility index (Phi) is 4.25. The Morgan fingerprint density at radius 2 is 2.17 bits per heavy atom.